The molecule has 1 aliphatic heterocycles. The smallest absolute Gasteiger partial charge is 0.321 e. The fourth-order valence-electron chi connectivity index (χ4n) is 2.38. The third kappa shape index (κ3) is 4.90. The first-order chi connectivity index (χ1) is 10.1. The van der Waals surface area contributed by atoms with Gasteiger partial charge in [0.25, 0.3) is 0 Å². The quantitative estimate of drug-likeness (QED) is 0.857. The topological polar surface area (TPSA) is 79.4 Å². The van der Waals surface area contributed by atoms with E-state index in [4.69, 9.17) is 4.74 Å². The van der Waals surface area contributed by atoms with Gasteiger partial charge in [-0.15, -0.1) is 10.2 Å². The van der Waals surface area contributed by atoms with Crippen molar-refractivity contribution in [1.82, 2.24) is 20.4 Å². The standard InChI is InChI=1S/C13H23N5O2S/c1-9(2)11(18-4-6-20-7-5-18)8-14-12(19)15-13-17-16-10(3)21-13/h9,11H,4-8H2,1-3H3,(H2,14,15,17,19)/t11-/m0/s1. The minimum absolute atomic E-state index is 0.231. The van der Waals surface area contributed by atoms with Crippen LogP contribution in [0.1, 0.15) is 18.9 Å². The van der Waals surface area contributed by atoms with Gasteiger partial charge in [-0.2, -0.15) is 0 Å². The molecule has 2 amide bonds. The number of anilines is 1. The molecule has 21 heavy (non-hydrogen) atoms. The van der Waals surface area contributed by atoms with Gasteiger partial charge in [0.15, 0.2) is 0 Å². The van der Waals surface area contributed by atoms with E-state index in [1.54, 1.807) is 0 Å². The predicted molar refractivity (Wildman–Crippen MR) is 82.7 cm³/mol. The number of carbonyl (C=O) groups is 1. The van der Waals surface area contributed by atoms with E-state index in [0.717, 1.165) is 31.3 Å². The van der Waals surface area contributed by atoms with E-state index in [1.165, 1.54) is 11.3 Å². The largest absolute Gasteiger partial charge is 0.379 e. The Morgan fingerprint density at radius 2 is 2.10 bits per heavy atom. The van der Waals surface area contributed by atoms with Crippen molar-refractivity contribution in [2.24, 2.45) is 5.92 Å². The van der Waals surface area contributed by atoms with Crippen molar-refractivity contribution in [3.05, 3.63) is 5.01 Å². The molecule has 118 valence electrons. The monoisotopic (exact) mass is 313 g/mol. The minimum atomic E-state index is -0.231. The van der Waals surface area contributed by atoms with Crippen molar-refractivity contribution < 1.29 is 9.53 Å². The number of carbonyl (C=O) groups excluding carboxylic acids is 1. The zero-order valence-electron chi connectivity index (χ0n) is 12.8. The average molecular weight is 313 g/mol. The molecular weight excluding hydrogens is 290 g/mol. The zero-order chi connectivity index (χ0) is 15.2. The predicted octanol–water partition coefficient (Wildman–Crippen LogP) is 1.32. The zero-order valence-corrected chi connectivity index (χ0v) is 13.6. The Morgan fingerprint density at radius 3 is 2.67 bits per heavy atom. The van der Waals surface area contributed by atoms with Gasteiger partial charge >= 0.3 is 6.03 Å². The van der Waals surface area contributed by atoms with Gasteiger partial charge in [0, 0.05) is 25.7 Å². The summed E-state index contributed by atoms with van der Waals surface area (Å²) in [7, 11) is 0. The van der Waals surface area contributed by atoms with Crippen LogP contribution in [0.5, 0.6) is 0 Å². The van der Waals surface area contributed by atoms with Crippen LogP contribution in [-0.2, 0) is 4.74 Å². The summed E-state index contributed by atoms with van der Waals surface area (Å²) in [5.74, 6) is 0.465. The number of morpholine rings is 1. The third-order valence-corrected chi connectivity index (χ3v) is 4.26. The van der Waals surface area contributed by atoms with Crippen LogP contribution in [0.2, 0.25) is 0 Å². The second-order valence-corrected chi connectivity index (χ2v) is 6.60. The Labute approximate surface area is 129 Å². The van der Waals surface area contributed by atoms with Crippen LogP contribution in [0.25, 0.3) is 0 Å². The Balaban J connectivity index is 1.81. The summed E-state index contributed by atoms with van der Waals surface area (Å²) in [6.07, 6.45) is 0. The first-order valence-electron chi connectivity index (χ1n) is 7.23. The molecule has 0 unspecified atom stereocenters. The van der Waals surface area contributed by atoms with Crippen molar-refractivity contribution in [1.29, 1.82) is 0 Å². The third-order valence-electron chi connectivity index (χ3n) is 3.50. The van der Waals surface area contributed by atoms with Crippen molar-refractivity contribution in [2.75, 3.05) is 38.2 Å². The fraction of sp³-hybridized carbons (Fsp3) is 0.769. The highest BCUT2D eigenvalue weighted by Crippen LogP contribution is 2.14. The number of nitrogens with one attached hydrogen (secondary N) is 2. The van der Waals surface area contributed by atoms with Crippen LogP contribution in [0, 0.1) is 12.8 Å². The molecule has 0 aliphatic carbocycles. The Bertz CT molecular complexity index is 459. The maximum atomic E-state index is 11.9. The van der Waals surface area contributed by atoms with E-state index in [-0.39, 0.29) is 6.03 Å². The van der Waals surface area contributed by atoms with Gasteiger partial charge in [-0.25, -0.2) is 4.79 Å². The van der Waals surface area contributed by atoms with Gasteiger partial charge in [-0.1, -0.05) is 25.2 Å². The number of aryl methyl sites for hydroxylation is 1. The van der Waals surface area contributed by atoms with Crippen LogP contribution in [0.15, 0.2) is 0 Å². The van der Waals surface area contributed by atoms with Crippen molar-refractivity contribution >= 4 is 22.5 Å². The molecule has 0 radical (unpaired) electrons. The van der Waals surface area contributed by atoms with E-state index in [2.05, 4.69) is 39.6 Å². The molecule has 7 nitrogen and oxygen atoms in total. The first kappa shape index (κ1) is 16.1. The summed E-state index contributed by atoms with van der Waals surface area (Å²) in [6, 6.07) is 0.0841. The molecule has 1 aliphatic rings. The number of hydrogen-bond acceptors (Lipinski definition) is 6. The minimum Gasteiger partial charge on any atom is -0.379 e. The number of rotatable bonds is 5. The van der Waals surface area contributed by atoms with E-state index in [0.29, 0.717) is 23.6 Å². The Hall–Kier alpha value is -1.25. The number of hydrogen-bond donors (Lipinski definition) is 2. The number of amides is 2. The molecule has 8 heteroatoms. The van der Waals surface area contributed by atoms with Gasteiger partial charge < -0.3 is 10.1 Å². The summed E-state index contributed by atoms with van der Waals surface area (Å²) in [6.45, 7) is 10.2. The number of urea groups is 1. The van der Waals surface area contributed by atoms with Crippen molar-refractivity contribution in [2.45, 2.75) is 26.8 Å². The summed E-state index contributed by atoms with van der Waals surface area (Å²) in [4.78, 5) is 14.3. The molecule has 2 N–H and O–H groups in total. The highest BCUT2D eigenvalue weighted by Gasteiger charge is 2.24. The lowest BCUT2D eigenvalue weighted by atomic mass is 10.0. The second-order valence-electron chi connectivity index (χ2n) is 5.42. The van der Waals surface area contributed by atoms with Gasteiger partial charge in [0.2, 0.25) is 5.13 Å². The highest BCUT2D eigenvalue weighted by atomic mass is 32.1. The average Bonchev–Trinajstić information content (AvgIpc) is 2.85. The van der Waals surface area contributed by atoms with Crippen LogP contribution in [0.4, 0.5) is 9.93 Å². The normalized spacial score (nSPS) is 17.7. The lowest BCUT2D eigenvalue weighted by Crippen LogP contribution is -2.51. The van der Waals surface area contributed by atoms with Crippen molar-refractivity contribution in [3.8, 4) is 0 Å². The molecule has 0 aromatic carbocycles. The molecule has 0 saturated carbocycles. The van der Waals surface area contributed by atoms with Crippen LogP contribution >= 0.6 is 11.3 Å². The Kier molecular flexibility index (Phi) is 5.89. The van der Waals surface area contributed by atoms with E-state index < -0.39 is 0 Å². The molecule has 1 aromatic heterocycles. The number of aromatic nitrogens is 2. The Morgan fingerprint density at radius 1 is 1.38 bits per heavy atom. The number of ether oxygens (including phenoxy) is 1. The van der Waals surface area contributed by atoms with Crippen LogP contribution in [-0.4, -0.2) is 60.0 Å². The fourth-order valence-corrected chi connectivity index (χ4v) is 2.97. The molecule has 0 bridgehead atoms. The summed E-state index contributed by atoms with van der Waals surface area (Å²) in [5.41, 5.74) is 0. The summed E-state index contributed by atoms with van der Waals surface area (Å²) in [5, 5.41) is 14.7. The molecular formula is C13H23N5O2S. The van der Waals surface area contributed by atoms with Gasteiger partial charge in [0.1, 0.15) is 5.01 Å². The van der Waals surface area contributed by atoms with Gasteiger partial charge in [0.05, 0.1) is 13.2 Å². The van der Waals surface area contributed by atoms with E-state index >= 15 is 0 Å². The van der Waals surface area contributed by atoms with Crippen LogP contribution < -0.4 is 10.6 Å². The molecule has 1 fully saturated rings. The molecule has 2 heterocycles. The highest BCUT2D eigenvalue weighted by molar-refractivity contribution is 7.15. The lowest BCUT2D eigenvalue weighted by Gasteiger charge is -2.36. The molecule has 1 saturated heterocycles. The van der Waals surface area contributed by atoms with Gasteiger partial charge in [-0.3, -0.25) is 10.2 Å². The van der Waals surface area contributed by atoms with Crippen molar-refractivity contribution in [3.63, 3.8) is 0 Å². The lowest BCUT2D eigenvalue weighted by molar-refractivity contribution is 0.00728. The molecule has 0 spiro atoms. The molecule has 1 atom stereocenters. The maximum absolute atomic E-state index is 11.9. The molecule has 2 rings (SSSR count). The maximum Gasteiger partial charge on any atom is 0.321 e. The number of nitrogens with zero attached hydrogens (tertiary/aromatic N) is 3. The van der Waals surface area contributed by atoms with Gasteiger partial charge in [-0.05, 0) is 12.8 Å². The molecule has 1 aromatic rings. The SMILES string of the molecule is Cc1nnc(NC(=O)NC[C@@H](C(C)C)N2CCOCC2)s1. The first-order valence-corrected chi connectivity index (χ1v) is 8.04. The summed E-state index contributed by atoms with van der Waals surface area (Å²) >= 11 is 1.36. The summed E-state index contributed by atoms with van der Waals surface area (Å²) < 4.78 is 5.38. The second kappa shape index (κ2) is 7.67. The van der Waals surface area contributed by atoms with E-state index in [9.17, 15) is 4.79 Å². The van der Waals surface area contributed by atoms with E-state index in [1.807, 2.05) is 6.92 Å². The van der Waals surface area contributed by atoms with Crippen LogP contribution in [0.3, 0.4) is 0 Å².